The second-order valence-corrected chi connectivity index (χ2v) is 4.19. The van der Waals surface area contributed by atoms with Crippen molar-refractivity contribution in [3.8, 4) is 0 Å². The van der Waals surface area contributed by atoms with Crippen LogP contribution >= 0.6 is 0 Å². The molecule has 1 aliphatic rings. The summed E-state index contributed by atoms with van der Waals surface area (Å²) in [6.45, 7) is 6.09. The Bertz CT molecular complexity index is 119. The summed E-state index contributed by atoms with van der Waals surface area (Å²) in [7, 11) is 0. The standard InChI is InChI=1S/C10H20FN/c1-8(2)10(11)7-9-3-5-12-6-4-9/h8-10,12H,3-7H2,1-2H3. The smallest absolute Gasteiger partial charge is 0.103 e. The molecule has 1 nitrogen and oxygen atoms in total. The van der Waals surface area contributed by atoms with Crippen LogP contribution in [0.15, 0.2) is 0 Å². The Hall–Kier alpha value is -0.110. The maximum absolute atomic E-state index is 13.3. The maximum Gasteiger partial charge on any atom is 0.103 e. The quantitative estimate of drug-likeness (QED) is 0.691. The molecule has 0 aromatic rings. The van der Waals surface area contributed by atoms with Crippen molar-refractivity contribution in [1.29, 1.82) is 0 Å². The van der Waals surface area contributed by atoms with Crippen LogP contribution in [0, 0.1) is 11.8 Å². The molecule has 72 valence electrons. The second-order valence-electron chi connectivity index (χ2n) is 4.19. The highest BCUT2D eigenvalue weighted by Crippen LogP contribution is 2.22. The third-order valence-electron chi connectivity index (χ3n) is 2.74. The molecule has 1 saturated heterocycles. The lowest BCUT2D eigenvalue weighted by atomic mass is 9.89. The van der Waals surface area contributed by atoms with Crippen molar-refractivity contribution < 1.29 is 4.39 Å². The van der Waals surface area contributed by atoms with Gasteiger partial charge >= 0.3 is 0 Å². The molecule has 1 unspecified atom stereocenters. The van der Waals surface area contributed by atoms with Crippen molar-refractivity contribution in [3.63, 3.8) is 0 Å². The zero-order chi connectivity index (χ0) is 8.97. The van der Waals surface area contributed by atoms with E-state index in [4.69, 9.17) is 0 Å². The Balaban J connectivity index is 2.20. The van der Waals surface area contributed by atoms with Crippen LogP contribution in [0.2, 0.25) is 0 Å². The van der Waals surface area contributed by atoms with Crippen molar-refractivity contribution in [2.24, 2.45) is 11.8 Å². The molecule has 1 atom stereocenters. The van der Waals surface area contributed by atoms with Gasteiger partial charge in [0.15, 0.2) is 0 Å². The van der Waals surface area contributed by atoms with Gasteiger partial charge in [-0.25, -0.2) is 4.39 Å². The fourth-order valence-electron chi connectivity index (χ4n) is 1.71. The summed E-state index contributed by atoms with van der Waals surface area (Å²) in [5.41, 5.74) is 0. The zero-order valence-corrected chi connectivity index (χ0v) is 8.15. The fraction of sp³-hybridized carbons (Fsp3) is 1.00. The average Bonchev–Trinajstić information content (AvgIpc) is 2.06. The van der Waals surface area contributed by atoms with E-state index >= 15 is 0 Å². The van der Waals surface area contributed by atoms with Crippen molar-refractivity contribution in [1.82, 2.24) is 5.32 Å². The van der Waals surface area contributed by atoms with E-state index in [-0.39, 0.29) is 5.92 Å². The van der Waals surface area contributed by atoms with Crippen molar-refractivity contribution in [3.05, 3.63) is 0 Å². The van der Waals surface area contributed by atoms with Gasteiger partial charge in [-0.3, -0.25) is 0 Å². The van der Waals surface area contributed by atoms with E-state index in [9.17, 15) is 4.39 Å². The topological polar surface area (TPSA) is 12.0 Å². The Kier molecular flexibility index (Phi) is 3.99. The van der Waals surface area contributed by atoms with Gasteiger partial charge in [-0.15, -0.1) is 0 Å². The van der Waals surface area contributed by atoms with Gasteiger partial charge in [-0.2, -0.15) is 0 Å². The van der Waals surface area contributed by atoms with Gasteiger partial charge in [0, 0.05) is 0 Å². The van der Waals surface area contributed by atoms with Crippen molar-refractivity contribution in [2.75, 3.05) is 13.1 Å². The lowest BCUT2D eigenvalue weighted by Gasteiger charge is -2.25. The molecule has 0 aliphatic carbocycles. The first kappa shape index (κ1) is 9.97. The van der Waals surface area contributed by atoms with Crippen LogP contribution in [-0.4, -0.2) is 19.3 Å². The highest BCUT2D eigenvalue weighted by atomic mass is 19.1. The van der Waals surface area contributed by atoms with Crippen LogP contribution in [-0.2, 0) is 0 Å². The molecule has 12 heavy (non-hydrogen) atoms. The number of piperidine rings is 1. The number of hydrogen-bond acceptors (Lipinski definition) is 1. The molecule has 0 aromatic heterocycles. The van der Waals surface area contributed by atoms with Crippen LogP contribution in [0.4, 0.5) is 4.39 Å². The van der Waals surface area contributed by atoms with E-state index in [1.165, 1.54) is 0 Å². The molecule has 1 aliphatic heterocycles. The first-order chi connectivity index (χ1) is 5.70. The zero-order valence-electron chi connectivity index (χ0n) is 8.15. The Labute approximate surface area is 74.7 Å². The van der Waals surface area contributed by atoms with Crippen molar-refractivity contribution in [2.45, 2.75) is 39.3 Å². The van der Waals surface area contributed by atoms with Gasteiger partial charge in [-0.1, -0.05) is 13.8 Å². The van der Waals surface area contributed by atoms with E-state index in [0.29, 0.717) is 5.92 Å². The van der Waals surface area contributed by atoms with Gasteiger partial charge in [0.25, 0.3) is 0 Å². The second kappa shape index (κ2) is 4.80. The normalized spacial score (nSPS) is 23.0. The van der Waals surface area contributed by atoms with Gasteiger partial charge in [-0.05, 0) is 44.2 Å². The number of halogens is 1. The molecule has 0 amide bonds. The van der Waals surface area contributed by atoms with E-state index in [0.717, 1.165) is 32.4 Å². The fourth-order valence-corrected chi connectivity index (χ4v) is 1.71. The lowest BCUT2D eigenvalue weighted by molar-refractivity contribution is 0.189. The highest BCUT2D eigenvalue weighted by molar-refractivity contribution is 4.73. The van der Waals surface area contributed by atoms with E-state index < -0.39 is 6.17 Å². The van der Waals surface area contributed by atoms with Gasteiger partial charge < -0.3 is 5.32 Å². The summed E-state index contributed by atoms with van der Waals surface area (Å²) in [6.07, 6.45) is 2.51. The van der Waals surface area contributed by atoms with Crippen LogP contribution < -0.4 is 5.32 Å². The van der Waals surface area contributed by atoms with Gasteiger partial charge in [0.1, 0.15) is 6.17 Å². The first-order valence-electron chi connectivity index (χ1n) is 5.05. The third kappa shape index (κ3) is 3.10. The number of nitrogens with one attached hydrogen (secondary N) is 1. The molecule has 1 heterocycles. The molecular formula is C10H20FN. The molecule has 2 heteroatoms. The van der Waals surface area contributed by atoms with Crippen LogP contribution in [0.5, 0.6) is 0 Å². The van der Waals surface area contributed by atoms with Gasteiger partial charge in [0.05, 0.1) is 0 Å². The number of rotatable bonds is 3. The summed E-state index contributed by atoms with van der Waals surface area (Å²) in [5, 5.41) is 3.29. The first-order valence-corrected chi connectivity index (χ1v) is 5.05. The summed E-state index contributed by atoms with van der Waals surface area (Å²) < 4.78 is 13.3. The summed E-state index contributed by atoms with van der Waals surface area (Å²) in [6, 6.07) is 0. The van der Waals surface area contributed by atoms with E-state index in [1.807, 2.05) is 13.8 Å². The third-order valence-corrected chi connectivity index (χ3v) is 2.74. The molecule has 0 bridgehead atoms. The Morgan fingerprint density at radius 1 is 1.33 bits per heavy atom. The Morgan fingerprint density at radius 2 is 1.92 bits per heavy atom. The summed E-state index contributed by atoms with van der Waals surface area (Å²) in [4.78, 5) is 0. The van der Waals surface area contributed by atoms with E-state index in [1.54, 1.807) is 0 Å². The monoisotopic (exact) mass is 173 g/mol. The molecular weight excluding hydrogens is 153 g/mol. The largest absolute Gasteiger partial charge is 0.317 e. The number of alkyl halides is 1. The minimum atomic E-state index is -0.590. The predicted molar refractivity (Wildman–Crippen MR) is 49.9 cm³/mol. The molecule has 0 aromatic carbocycles. The summed E-state index contributed by atoms with van der Waals surface area (Å²) >= 11 is 0. The minimum Gasteiger partial charge on any atom is -0.317 e. The maximum atomic E-state index is 13.3. The molecule has 0 saturated carbocycles. The molecule has 1 fully saturated rings. The Morgan fingerprint density at radius 3 is 2.42 bits per heavy atom. The van der Waals surface area contributed by atoms with Crippen LogP contribution in [0.3, 0.4) is 0 Å². The average molecular weight is 173 g/mol. The minimum absolute atomic E-state index is 0.194. The lowest BCUT2D eigenvalue weighted by Crippen LogP contribution is -2.29. The molecule has 0 radical (unpaired) electrons. The van der Waals surface area contributed by atoms with Gasteiger partial charge in [0.2, 0.25) is 0 Å². The van der Waals surface area contributed by atoms with Crippen LogP contribution in [0.1, 0.15) is 33.1 Å². The highest BCUT2D eigenvalue weighted by Gasteiger charge is 2.20. The molecule has 1 rings (SSSR count). The number of hydrogen-bond donors (Lipinski definition) is 1. The molecule has 1 N–H and O–H groups in total. The summed E-state index contributed by atoms with van der Waals surface area (Å²) in [5.74, 6) is 0.823. The van der Waals surface area contributed by atoms with Crippen LogP contribution in [0.25, 0.3) is 0 Å². The molecule has 0 spiro atoms. The SMILES string of the molecule is CC(C)C(F)CC1CCNCC1. The van der Waals surface area contributed by atoms with E-state index in [2.05, 4.69) is 5.32 Å². The van der Waals surface area contributed by atoms with Crippen molar-refractivity contribution >= 4 is 0 Å². The predicted octanol–water partition coefficient (Wildman–Crippen LogP) is 2.37.